The number of aliphatic hydroxyl groups is 1. The second-order valence-electron chi connectivity index (χ2n) is 4.87. The summed E-state index contributed by atoms with van der Waals surface area (Å²) < 4.78 is 4.79. The van der Waals surface area contributed by atoms with E-state index in [2.05, 4.69) is 20.4 Å². The van der Waals surface area contributed by atoms with Gasteiger partial charge in [0.2, 0.25) is 0 Å². The van der Waals surface area contributed by atoms with Gasteiger partial charge in [-0.25, -0.2) is 0 Å². The number of allylic oxidation sites excluding steroid dienone is 1. The monoisotopic (exact) mass is 241 g/mol. The number of likely N-dealkylation sites (tertiary alicyclic amines) is 1. The normalized spacial score (nSPS) is 28.7. The zero-order valence-corrected chi connectivity index (χ0v) is 10.9. The molecule has 4 nitrogen and oxygen atoms in total. The average molecular weight is 241 g/mol. The van der Waals surface area contributed by atoms with E-state index < -0.39 is 6.10 Å². The quantitative estimate of drug-likeness (QED) is 0.580. The van der Waals surface area contributed by atoms with E-state index in [1.807, 2.05) is 11.0 Å². The molecule has 0 aliphatic carbocycles. The Labute approximate surface area is 103 Å². The van der Waals surface area contributed by atoms with Crippen molar-refractivity contribution in [2.75, 3.05) is 13.7 Å². The van der Waals surface area contributed by atoms with Gasteiger partial charge in [0.1, 0.15) is 6.04 Å². The molecule has 4 atom stereocenters. The molecule has 98 valence electrons. The van der Waals surface area contributed by atoms with Crippen LogP contribution >= 0.6 is 0 Å². The molecular weight excluding hydrogens is 218 g/mol. The number of carbonyl (C=O) groups is 1. The molecular formula is C13H23NO3. The minimum Gasteiger partial charge on any atom is -0.468 e. The van der Waals surface area contributed by atoms with Gasteiger partial charge in [-0.2, -0.15) is 0 Å². The van der Waals surface area contributed by atoms with E-state index in [1.54, 1.807) is 0 Å². The second kappa shape index (κ2) is 6.17. The molecule has 1 aliphatic heterocycles. The first-order valence-corrected chi connectivity index (χ1v) is 6.13. The molecule has 0 amide bonds. The smallest absolute Gasteiger partial charge is 0.323 e. The summed E-state index contributed by atoms with van der Waals surface area (Å²) in [7, 11) is 1.39. The molecule has 1 N–H and O–H groups in total. The third-order valence-corrected chi connectivity index (χ3v) is 3.68. The number of aliphatic hydroxyl groups excluding tert-OH is 1. The molecule has 0 aromatic carbocycles. The van der Waals surface area contributed by atoms with Crippen molar-refractivity contribution in [1.82, 2.24) is 4.90 Å². The van der Waals surface area contributed by atoms with E-state index in [9.17, 15) is 9.90 Å². The van der Waals surface area contributed by atoms with Gasteiger partial charge in [0.05, 0.1) is 13.2 Å². The number of esters is 1. The molecule has 0 aromatic rings. The Morgan fingerprint density at radius 1 is 1.65 bits per heavy atom. The fourth-order valence-electron chi connectivity index (χ4n) is 2.44. The summed E-state index contributed by atoms with van der Waals surface area (Å²) >= 11 is 0. The van der Waals surface area contributed by atoms with Gasteiger partial charge in [-0.15, -0.1) is 6.58 Å². The maximum atomic E-state index is 11.7. The summed E-state index contributed by atoms with van der Waals surface area (Å²) in [5.74, 6) is 0.157. The minimum atomic E-state index is -0.433. The molecule has 0 spiro atoms. The number of β-amino-alcohol motifs (C(OH)–C–C–N with tert-alkyl or cyclic N) is 1. The maximum Gasteiger partial charge on any atom is 0.323 e. The van der Waals surface area contributed by atoms with Crippen molar-refractivity contribution in [2.45, 2.75) is 44.9 Å². The van der Waals surface area contributed by atoms with Crippen LogP contribution in [0.25, 0.3) is 0 Å². The Bertz CT molecular complexity index is 280. The summed E-state index contributed by atoms with van der Waals surface area (Å²) in [4.78, 5) is 13.7. The van der Waals surface area contributed by atoms with Gasteiger partial charge in [-0.1, -0.05) is 13.0 Å². The molecule has 0 radical (unpaired) electrons. The van der Waals surface area contributed by atoms with Crippen molar-refractivity contribution in [1.29, 1.82) is 0 Å². The predicted molar refractivity (Wildman–Crippen MR) is 66.6 cm³/mol. The van der Waals surface area contributed by atoms with Gasteiger partial charge in [0, 0.05) is 19.0 Å². The van der Waals surface area contributed by atoms with E-state index in [-0.39, 0.29) is 18.1 Å². The van der Waals surface area contributed by atoms with Crippen molar-refractivity contribution in [3.05, 3.63) is 12.7 Å². The summed E-state index contributed by atoms with van der Waals surface area (Å²) in [6.45, 7) is 8.50. The Hall–Kier alpha value is -0.870. The van der Waals surface area contributed by atoms with E-state index >= 15 is 0 Å². The lowest BCUT2D eigenvalue weighted by Gasteiger charge is -2.32. The number of rotatable bonds is 5. The number of ether oxygens (including phenoxy) is 1. The fraction of sp³-hybridized carbons (Fsp3) is 0.769. The Kier molecular flexibility index (Phi) is 5.15. The van der Waals surface area contributed by atoms with Gasteiger partial charge >= 0.3 is 5.97 Å². The molecule has 2 unspecified atom stereocenters. The largest absolute Gasteiger partial charge is 0.468 e. The fourth-order valence-corrected chi connectivity index (χ4v) is 2.44. The zero-order valence-electron chi connectivity index (χ0n) is 10.9. The van der Waals surface area contributed by atoms with Crippen LogP contribution in [0.5, 0.6) is 0 Å². The molecule has 0 saturated carbocycles. The predicted octanol–water partition coefficient (Wildman–Crippen LogP) is 1.20. The van der Waals surface area contributed by atoms with Gasteiger partial charge in [0.15, 0.2) is 0 Å². The Balaban J connectivity index is 2.72. The maximum absolute atomic E-state index is 11.7. The van der Waals surface area contributed by atoms with Crippen LogP contribution in [0.1, 0.15) is 26.7 Å². The highest BCUT2D eigenvalue weighted by atomic mass is 16.5. The first-order valence-electron chi connectivity index (χ1n) is 6.13. The molecule has 17 heavy (non-hydrogen) atoms. The third kappa shape index (κ3) is 3.30. The number of carbonyl (C=O) groups excluding carboxylic acids is 1. The molecule has 0 bridgehead atoms. The second-order valence-corrected chi connectivity index (χ2v) is 4.87. The van der Waals surface area contributed by atoms with Crippen LogP contribution < -0.4 is 0 Å². The van der Waals surface area contributed by atoms with Crippen molar-refractivity contribution in [3.63, 3.8) is 0 Å². The highest BCUT2D eigenvalue weighted by Gasteiger charge is 2.40. The minimum absolute atomic E-state index is 0.231. The van der Waals surface area contributed by atoms with Crippen LogP contribution in [0.15, 0.2) is 12.7 Å². The highest BCUT2D eigenvalue weighted by Crippen LogP contribution is 2.26. The number of hydrogen-bond donors (Lipinski definition) is 1. The van der Waals surface area contributed by atoms with Gasteiger partial charge in [-0.3, -0.25) is 9.69 Å². The molecule has 1 rings (SSSR count). The van der Waals surface area contributed by atoms with E-state index in [0.717, 1.165) is 6.42 Å². The molecule has 1 fully saturated rings. The van der Waals surface area contributed by atoms with Crippen LogP contribution in [0.3, 0.4) is 0 Å². The molecule has 0 aromatic heterocycles. The Morgan fingerprint density at radius 3 is 2.82 bits per heavy atom. The SMILES string of the molecule is C=CCC(C)C(C)N1C[C@@H](O)C[C@H]1C(=O)OC. The van der Waals surface area contributed by atoms with Crippen LogP contribution in [0.4, 0.5) is 0 Å². The van der Waals surface area contributed by atoms with Gasteiger partial charge < -0.3 is 9.84 Å². The van der Waals surface area contributed by atoms with Crippen LogP contribution in [0, 0.1) is 5.92 Å². The molecule has 4 heteroatoms. The first kappa shape index (κ1) is 14.2. The van der Waals surface area contributed by atoms with E-state index in [4.69, 9.17) is 4.74 Å². The summed E-state index contributed by atoms with van der Waals surface area (Å²) in [5.41, 5.74) is 0. The van der Waals surface area contributed by atoms with Crippen LogP contribution in [0.2, 0.25) is 0 Å². The molecule has 1 aliphatic rings. The molecule has 1 saturated heterocycles. The highest BCUT2D eigenvalue weighted by molar-refractivity contribution is 5.76. The summed E-state index contributed by atoms with van der Waals surface area (Å²) in [6, 6.07) is -0.0773. The van der Waals surface area contributed by atoms with Crippen molar-refractivity contribution >= 4 is 5.97 Å². The first-order chi connectivity index (χ1) is 8.01. The van der Waals surface area contributed by atoms with Crippen molar-refractivity contribution in [2.24, 2.45) is 5.92 Å². The van der Waals surface area contributed by atoms with Crippen molar-refractivity contribution in [3.8, 4) is 0 Å². The number of nitrogens with zero attached hydrogens (tertiary/aromatic N) is 1. The third-order valence-electron chi connectivity index (χ3n) is 3.68. The summed E-state index contributed by atoms with van der Waals surface area (Å²) in [5, 5.41) is 9.71. The lowest BCUT2D eigenvalue weighted by atomic mass is 9.98. The van der Waals surface area contributed by atoms with E-state index in [0.29, 0.717) is 18.9 Å². The Morgan fingerprint density at radius 2 is 2.29 bits per heavy atom. The average Bonchev–Trinajstić information content (AvgIpc) is 2.69. The topological polar surface area (TPSA) is 49.8 Å². The standard InChI is InChI=1S/C13H23NO3/c1-5-6-9(2)10(3)14-8-11(15)7-12(14)13(16)17-4/h5,9-12,15H,1,6-8H2,2-4H3/t9?,10?,11-,12-/m0/s1. The van der Waals surface area contributed by atoms with Crippen molar-refractivity contribution < 1.29 is 14.6 Å². The lowest BCUT2D eigenvalue weighted by Crippen LogP contribution is -2.45. The number of methoxy groups -OCH3 is 1. The molecule has 1 heterocycles. The lowest BCUT2D eigenvalue weighted by molar-refractivity contribution is -0.146. The number of hydrogen-bond acceptors (Lipinski definition) is 4. The van der Waals surface area contributed by atoms with E-state index in [1.165, 1.54) is 7.11 Å². The van der Waals surface area contributed by atoms with Gasteiger partial charge in [0.25, 0.3) is 0 Å². The van der Waals surface area contributed by atoms with Gasteiger partial charge in [-0.05, 0) is 19.3 Å². The zero-order chi connectivity index (χ0) is 13.0. The van der Waals surface area contributed by atoms with Crippen LogP contribution in [-0.2, 0) is 9.53 Å². The summed E-state index contributed by atoms with van der Waals surface area (Å²) in [6.07, 6.45) is 2.83. The van der Waals surface area contributed by atoms with Crippen LogP contribution in [-0.4, -0.2) is 47.8 Å².